The van der Waals surface area contributed by atoms with Crippen LogP contribution in [-0.2, 0) is 16.1 Å². The number of halogens is 2. The van der Waals surface area contributed by atoms with Crippen LogP contribution in [0, 0.1) is 17.6 Å². The van der Waals surface area contributed by atoms with Crippen molar-refractivity contribution in [1.82, 2.24) is 9.88 Å². The number of carbonyl (C=O) groups is 2. The highest BCUT2D eigenvalue weighted by atomic mass is 32.2. The molecule has 1 aromatic heterocycles. The zero-order valence-electron chi connectivity index (χ0n) is 18.3. The second kappa shape index (κ2) is 12.3. The highest BCUT2D eigenvalue weighted by molar-refractivity contribution is 8.01. The first-order valence-corrected chi connectivity index (χ1v) is 12.5. The first-order valence-electron chi connectivity index (χ1n) is 10.7. The average molecular weight is 500 g/mol. The molecular weight excluding hydrogens is 472 g/mol. The number of carboxylic acid groups (broad SMARTS) is 1. The van der Waals surface area contributed by atoms with Gasteiger partial charge in [0.15, 0.2) is 16.8 Å². The Kier molecular flexibility index (Phi) is 9.45. The van der Waals surface area contributed by atoms with Crippen LogP contribution in [0.4, 0.5) is 18.7 Å². The fourth-order valence-corrected chi connectivity index (χ4v) is 5.27. The van der Waals surface area contributed by atoms with Crippen molar-refractivity contribution in [2.75, 3.05) is 24.2 Å². The molecule has 1 aromatic carbocycles. The Morgan fingerprint density at radius 1 is 1.30 bits per heavy atom. The number of carbonyl (C=O) groups excluding carboxylic acids is 1. The second-order valence-corrected chi connectivity index (χ2v) is 10.3. The van der Waals surface area contributed by atoms with Crippen molar-refractivity contribution in [2.24, 2.45) is 5.92 Å². The summed E-state index contributed by atoms with van der Waals surface area (Å²) >= 11 is 2.36. The number of carboxylic acids is 1. The van der Waals surface area contributed by atoms with Crippen molar-refractivity contribution in [3.05, 3.63) is 41.6 Å². The monoisotopic (exact) mass is 499 g/mol. The molecule has 1 aliphatic carbocycles. The molecule has 11 heteroatoms. The van der Waals surface area contributed by atoms with Crippen LogP contribution in [0.5, 0.6) is 0 Å². The molecule has 0 atom stereocenters. The number of thioether (sulfide) groups is 1. The Bertz CT molecular complexity index is 951. The maximum absolute atomic E-state index is 13.8. The number of ether oxygens (including phenoxy) is 1. The summed E-state index contributed by atoms with van der Waals surface area (Å²) in [6, 6.07) is 3.69. The van der Waals surface area contributed by atoms with Gasteiger partial charge in [0, 0.05) is 18.2 Å². The number of aromatic nitrogens is 1. The number of hydrogen-bond acceptors (Lipinski definition) is 6. The van der Waals surface area contributed by atoms with Crippen molar-refractivity contribution < 1.29 is 28.2 Å². The number of anilines is 1. The predicted molar refractivity (Wildman–Crippen MR) is 124 cm³/mol. The number of amides is 2. The topological polar surface area (TPSA) is 91.8 Å². The highest BCUT2D eigenvalue weighted by Crippen LogP contribution is 2.30. The maximum Gasteiger partial charge on any atom is 0.323 e. The zero-order valence-corrected chi connectivity index (χ0v) is 19.9. The van der Waals surface area contributed by atoms with Crippen molar-refractivity contribution in [2.45, 2.75) is 49.5 Å². The van der Waals surface area contributed by atoms with Crippen LogP contribution in [0.3, 0.4) is 0 Å². The molecule has 1 saturated carbocycles. The first-order chi connectivity index (χ1) is 15.8. The van der Waals surface area contributed by atoms with Crippen molar-refractivity contribution in [3.63, 3.8) is 0 Å². The molecule has 2 aromatic rings. The number of hydrogen-bond donors (Lipinski definition) is 2. The minimum atomic E-state index is -0.922. The summed E-state index contributed by atoms with van der Waals surface area (Å²) < 4.78 is 33.4. The van der Waals surface area contributed by atoms with Gasteiger partial charge in [0.05, 0.1) is 29.4 Å². The minimum absolute atomic E-state index is 0.0523. The van der Waals surface area contributed by atoms with Gasteiger partial charge in [0.25, 0.3) is 0 Å². The molecule has 0 aliphatic heterocycles. The van der Waals surface area contributed by atoms with E-state index < -0.39 is 17.6 Å². The van der Waals surface area contributed by atoms with Gasteiger partial charge in [-0.2, -0.15) is 0 Å². The van der Waals surface area contributed by atoms with E-state index in [-0.39, 0.29) is 36.6 Å². The smallest absolute Gasteiger partial charge is 0.323 e. The molecule has 2 amide bonds. The number of thiazole rings is 1. The Morgan fingerprint density at radius 2 is 2.06 bits per heavy atom. The van der Waals surface area contributed by atoms with Gasteiger partial charge in [-0.05, 0) is 37.7 Å². The molecule has 7 nitrogen and oxygen atoms in total. The Labute approximate surface area is 199 Å². The molecule has 33 heavy (non-hydrogen) atoms. The molecule has 0 bridgehead atoms. The zero-order chi connectivity index (χ0) is 23.8. The normalized spacial score (nSPS) is 18.2. The third-order valence-corrected chi connectivity index (χ3v) is 7.58. The lowest BCUT2D eigenvalue weighted by Gasteiger charge is -2.36. The summed E-state index contributed by atoms with van der Waals surface area (Å²) in [5.41, 5.74) is 0.131. The summed E-state index contributed by atoms with van der Waals surface area (Å²) in [4.78, 5) is 29.7. The van der Waals surface area contributed by atoms with Crippen LogP contribution < -0.4 is 5.32 Å². The minimum Gasteiger partial charge on any atom is -0.481 e. The molecule has 0 saturated heterocycles. The van der Waals surface area contributed by atoms with Crippen LogP contribution >= 0.6 is 23.1 Å². The lowest BCUT2D eigenvalue weighted by Crippen LogP contribution is -2.46. The summed E-state index contributed by atoms with van der Waals surface area (Å²) in [5.74, 6) is -2.22. The lowest BCUT2D eigenvalue weighted by atomic mass is 9.86. The number of urea groups is 1. The van der Waals surface area contributed by atoms with Crippen molar-refractivity contribution in [1.29, 1.82) is 0 Å². The van der Waals surface area contributed by atoms with Crippen molar-refractivity contribution in [3.8, 4) is 0 Å². The van der Waals surface area contributed by atoms with Gasteiger partial charge in [0.1, 0.15) is 0 Å². The largest absolute Gasteiger partial charge is 0.481 e. The summed E-state index contributed by atoms with van der Waals surface area (Å²) in [5, 5.41) is 12.0. The van der Waals surface area contributed by atoms with E-state index >= 15 is 0 Å². The van der Waals surface area contributed by atoms with Crippen LogP contribution in [0.15, 0.2) is 28.6 Å². The molecule has 180 valence electrons. The SMILES string of the molecule is CC1CCC(N(CCOCc2cccc(F)c2F)C(=O)Nc2ncc(SCC(=O)O)s2)CC1. The molecule has 0 spiro atoms. The molecule has 2 N–H and O–H groups in total. The number of nitrogens with zero attached hydrogens (tertiary/aromatic N) is 2. The van der Waals surface area contributed by atoms with Gasteiger partial charge in [0.2, 0.25) is 0 Å². The van der Waals surface area contributed by atoms with E-state index in [1.165, 1.54) is 29.7 Å². The average Bonchev–Trinajstić information content (AvgIpc) is 3.23. The summed E-state index contributed by atoms with van der Waals surface area (Å²) in [6.07, 6.45) is 5.35. The molecule has 0 radical (unpaired) electrons. The van der Waals surface area contributed by atoms with Crippen LogP contribution in [-0.4, -0.2) is 51.9 Å². The van der Waals surface area contributed by atoms with Gasteiger partial charge in [-0.15, -0.1) is 11.8 Å². The fourth-order valence-electron chi connectivity index (χ4n) is 3.69. The van der Waals surface area contributed by atoms with E-state index in [9.17, 15) is 18.4 Å². The Balaban J connectivity index is 1.58. The van der Waals surface area contributed by atoms with E-state index in [4.69, 9.17) is 9.84 Å². The molecule has 0 unspecified atom stereocenters. The van der Waals surface area contributed by atoms with Crippen LogP contribution in [0.1, 0.15) is 38.2 Å². The standard InChI is InChI=1S/C22H27F2N3O4S2/c1-14-5-7-16(8-6-14)27(9-10-31-12-15-3-2-4-17(23)20(15)24)22(30)26-21-25-11-19(33-21)32-13-18(28)29/h2-4,11,14,16H,5-10,12-13H2,1H3,(H,28,29)(H,25,26,30). The number of aliphatic carboxylic acids is 1. The van der Waals surface area contributed by atoms with Gasteiger partial charge in [-0.25, -0.2) is 18.6 Å². The Hall–Kier alpha value is -2.24. The maximum atomic E-state index is 13.8. The van der Waals surface area contributed by atoms with Crippen LogP contribution in [0.2, 0.25) is 0 Å². The van der Waals surface area contributed by atoms with E-state index in [2.05, 4.69) is 17.2 Å². The number of benzene rings is 1. The highest BCUT2D eigenvalue weighted by Gasteiger charge is 2.28. The molecule has 1 fully saturated rings. The van der Waals surface area contributed by atoms with E-state index in [1.807, 2.05) is 0 Å². The van der Waals surface area contributed by atoms with Crippen molar-refractivity contribution >= 4 is 40.2 Å². The molecular formula is C22H27F2N3O4S2. The number of rotatable bonds is 10. The third kappa shape index (κ3) is 7.65. The second-order valence-electron chi connectivity index (χ2n) is 7.97. The van der Waals surface area contributed by atoms with Gasteiger partial charge in [-0.1, -0.05) is 30.4 Å². The van der Waals surface area contributed by atoms with Gasteiger partial charge >= 0.3 is 12.0 Å². The predicted octanol–water partition coefficient (Wildman–Crippen LogP) is 5.23. The molecule has 1 aliphatic rings. The first kappa shape index (κ1) is 25.4. The lowest BCUT2D eigenvalue weighted by molar-refractivity contribution is -0.133. The van der Waals surface area contributed by atoms with E-state index in [0.29, 0.717) is 21.8 Å². The summed E-state index contributed by atoms with van der Waals surface area (Å²) in [7, 11) is 0. The third-order valence-electron chi connectivity index (χ3n) is 5.49. The van der Waals surface area contributed by atoms with Gasteiger partial charge < -0.3 is 14.7 Å². The van der Waals surface area contributed by atoms with Gasteiger partial charge in [-0.3, -0.25) is 10.1 Å². The summed E-state index contributed by atoms with van der Waals surface area (Å²) in [6.45, 7) is 2.58. The van der Waals surface area contributed by atoms with E-state index in [0.717, 1.165) is 43.5 Å². The Morgan fingerprint density at radius 3 is 2.79 bits per heavy atom. The van der Waals surface area contributed by atoms with Crippen LogP contribution in [0.25, 0.3) is 0 Å². The molecule has 3 rings (SSSR count). The fraction of sp³-hybridized carbons (Fsp3) is 0.500. The van der Waals surface area contributed by atoms with E-state index in [1.54, 1.807) is 4.90 Å². The molecule has 1 heterocycles. The number of nitrogens with one attached hydrogen (secondary N) is 1. The quantitative estimate of drug-likeness (QED) is 0.344.